The summed E-state index contributed by atoms with van der Waals surface area (Å²) in [7, 11) is 0. The second kappa shape index (κ2) is 34.3. The molecule has 0 aliphatic heterocycles. The van der Waals surface area contributed by atoms with Crippen LogP contribution in [0.5, 0.6) is 0 Å². The van der Waals surface area contributed by atoms with Crippen LogP contribution >= 0.6 is 0 Å². The molecule has 11 nitrogen and oxygen atoms in total. The number of fused-ring (bicyclic) bond motifs is 16. The van der Waals surface area contributed by atoms with Gasteiger partial charge in [0.1, 0.15) is 0 Å². The molecule has 0 saturated carbocycles. The molecule has 22 aromatic carbocycles. The van der Waals surface area contributed by atoms with Crippen LogP contribution in [0, 0.1) is 0 Å². The Kier molecular flexibility index (Phi) is 20.0. The highest BCUT2D eigenvalue weighted by atomic mass is 15.1. The average Bonchev–Trinajstić information content (AvgIpc) is 1.31. The van der Waals surface area contributed by atoms with E-state index in [0.717, 1.165) is 122 Å². The maximum atomic E-state index is 5.16. The third-order valence-corrected chi connectivity index (χ3v) is 26.9. The third-order valence-electron chi connectivity index (χ3n) is 26.9. The Hall–Kier alpha value is -18.8. The molecule has 11 heteroatoms. The summed E-state index contributed by atoms with van der Waals surface area (Å²) in [6, 6.07) is 173. The van der Waals surface area contributed by atoms with Crippen molar-refractivity contribution < 1.29 is 0 Å². The maximum Gasteiger partial charge on any atom is 0.164 e. The molecule has 648 valence electrons. The van der Waals surface area contributed by atoms with Gasteiger partial charge in [-0.25, -0.2) is 39.9 Å². The topological polar surface area (TPSA) is 118 Å². The Bertz CT molecular complexity index is 9600. The minimum absolute atomic E-state index is 0.650. The van der Waals surface area contributed by atoms with Gasteiger partial charge in [0.2, 0.25) is 0 Å². The first-order chi connectivity index (χ1) is 68.9. The lowest BCUT2D eigenvalue weighted by molar-refractivity contribution is 1.07. The molecular formula is C128H81N11. The van der Waals surface area contributed by atoms with Crippen molar-refractivity contribution in [2.75, 3.05) is 0 Å². The number of nitrogens with zero attached hydrogens (tertiary/aromatic N) is 11. The molecule has 0 aliphatic carbocycles. The minimum Gasteiger partial charge on any atom is -0.309 e. The van der Waals surface area contributed by atoms with Crippen LogP contribution in [0.2, 0.25) is 0 Å². The Morgan fingerprint density at radius 2 is 0.410 bits per heavy atom. The summed E-state index contributed by atoms with van der Waals surface area (Å²) in [6.07, 6.45) is 0. The van der Waals surface area contributed by atoms with Crippen molar-refractivity contribution in [3.63, 3.8) is 0 Å². The lowest BCUT2D eigenvalue weighted by Crippen LogP contribution is -2.00. The van der Waals surface area contributed by atoms with Crippen LogP contribution < -0.4 is 0 Å². The number of benzene rings is 22. The Morgan fingerprint density at radius 3 is 0.842 bits per heavy atom. The van der Waals surface area contributed by atoms with Crippen molar-refractivity contribution in [2.24, 2.45) is 0 Å². The molecule has 0 unspecified atom stereocenters. The summed E-state index contributed by atoms with van der Waals surface area (Å²) in [5.41, 5.74) is 21.3. The van der Waals surface area contributed by atoms with E-state index in [9.17, 15) is 0 Å². The minimum atomic E-state index is 0.650. The predicted molar refractivity (Wildman–Crippen MR) is 576 cm³/mol. The Balaban J connectivity index is 0.000000108. The molecule has 0 amide bonds. The SMILES string of the molecule is c1ccc(-c2cc(-c3ccccc3)nc(-c3cccc4c(-n5c6ccccc6c6cc7ccccc7cc65)cccc34)n2)cc1.c1ccc(-c2nc(-c3ccc4cc(-n5c6ccccc6c6cc7ccccc7cc65)ccc4c3)nc(-c3cccc4ccccc34)n2)cc1.c1ccc(-c2nc(-c3ccccc3)nc(-c3ccc4cc(-n5c6ccccc6c6cc7ccccc7cc65)ccc4c3)n2)cc1. The zero-order valence-electron chi connectivity index (χ0n) is 75.2. The highest BCUT2D eigenvalue weighted by Crippen LogP contribution is 2.44. The van der Waals surface area contributed by atoms with Gasteiger partial charge in [-0.1, -0.05) is 388 Å². The van der Waals surface area contributed by atoms with Gasteiger partial charge in [-0.3, -0.25) is 0 Å². The quantitative estimate of drug-likeness (QED) is 0.119. The number of rotatable bonds is 12. The van der Waals surface area contributed by atoms with Crippen LogP contribution in [0.3, 0.4) is 0 Å². The fourth-order valence-corrected chi connectivity index (χ4v) is 20.3. The summed E-state index contributed by atoms with van der Waals surface area (Å²) in [4.78, 5) is 40.1. The first kappa shape index (κ1) is 81.0. The van der Waals surface area contributed by atoms with E-state index >= 15 is 0 Å². The highest BCUT2D eigenvalue weighted by molar-refractivity contribution is 6.18. The predicted octanol–water partition coefficient (Wildman–Crippen LogP) is 32.6. The normalized spacial score (nSPS) is 11.6. The van der Waals surface area contributed by atoms with Gasteiger partial charge in [-0.2, -0.15) is 0 Å². The lowest BCUT2D eigenvalue weighted by Gasteiger charge is -2.15. The number of aromatic nitrogens is 11. The molecule has 0 radical (unpaired) electrons. The van der Waals surface area contributed by atoms with Crippen LogP contribution in [-0.2, 0) is 0 Å². The van der Waals surface area contributed by atoms with E-state index in [1.807, 2.05) is 103 Å². The average molecular weight is 1770 g/mol. The van der Waals surface area contributed by atoms with Crippen LogP contribution in [-0.4, -0.2) is 53.6 Å². The van der Waals surface area contributed by atoms with E-state index in [-0.39, 0.29) is 0 Å². The summed E-state index contributed by atoms with van der Waals surface area (Å²) in [5.74, 6) is 4.66. The van der Waals surface area contributed by atoms with E-state index in [2.05, 4.69) is 402 Å². The van der Waals surface area contributed by atoms with Crippen LogP contribution in [0.4, 0.5) is 0 Å². The smallest absolute Gasteiger partial charge is 0.164 e. The van der Waals surface area contributed by atoms with Gasteiger partial charge in [-0.05, 0) is 173 Å². The van der Waals surface area contributed by atoms with Crippen LogP contribution in [0.25, 0.3) is 260 Å². The van der Waals surface area contributed by atoms with E-state index in [0.29, 0.717) is 40.8 Å². The number of hydrogen-bond donors (Lipinski definition) is 0. The molecule has 0 atom stereocenters. The Labute approximate surface area is 799 Å². The van der Waals surface area contributed by atoms with E-state index < -0.39 is 0 Å². The number of hydrogen-bond acceptors (Lipinski definition) is 8. The first-order valence-corrected chi connectivity index (χ1v) is 46.9. The molecule has 139 heavy (non-hydrogen) atoms. The number of para-hydroxylation sites is 3. The van der Waals surface area contributed by atoms with E-state index in [1.165, 1.54) is 97.7 Å². The molecule has 0 saturated heterocycles. The van der Waals surface area contributed by atoms with Gasteiger partial charge < -0.3 is 13.7 Å². The van der Waals surface area contributed by atoms with Crippen molar-refractivity contribution in [2.45, 2.75) is 0 Å². The summed E-state index contributed by atoms with van der Waals surface area (Å²) >= 11 is 0. The first-order valence-electron chi connectivity index (χ1n) is 46.9. The third kappa shape index (κ3) is 14.8. The molecule has 0 aliphatic rings. The molecule has 0 N–H and O–H groups in total. The molecule has 28 rings (SSSR count). The van der Waals surface area contributed by atoms with Gasteiger partial charge >= 0.3 is 0 Å². The largest absolute Gasteiger partial charge is 0.309 e. The fraction of sp³-hybridized carbons (Fsp3) is 0. The second-order valence-corrected chi connectivity index (χ2v) is 35.3. The van der Waals surface area contributed by atoms with Crippen molar-refractivity contribution in [3.8, 4) is 119 Å². The van der Waals surface area contributed by atoms with Crippen molar-refractivity contribution >= 4 is 141 Å². The fourth-order valence-electron chi connectivity index (χ4n) is 20.3. The van der Waals surface area contributed by atoms with Crippen molar-refractivity contribution in [1.82, 2.24) is 53.6 Å². The Morgan fingerprint density at radius 1 is 0.129 bits per heavy atom. The van der Waals surface area contributed by atoms with Crippen LogP contribution in [0.1, 0.15) is 0 Å². The van der Waals surface area contributed by atoms with Gasteiger partial charge in [0.05, 0.1) is 50.2 Å². The van der Waals surface area contributed by atoms with Gasteiger partial charge in [-0.15, -0.1) is 0 Å². The van der Waals surface area contributed by atoms with Crippen molar-refractivity contribution in [3.05, 3.63) is 491 Å². The summed E-state index contributed by atoms with van der Waals surface area (Å²) in [5, 5.41) is 24.1. The molecular weight excluding hydrogens is 1690 g/mol. The van der Waals surface area contributed by atoms with Crippen LogP contribution in [0.15, 0.2) is 491 Å². The lowest BCUT2D eigenvalue weighted by atomic mass is 10.0. The zero-order chi connectivity index (χ0) is 91.8. The maximum absolute atomic E-state index is 5.16. The molecule has 6 aromatic heterocycles. The highest BCUT2D eigenvalue weighted by Gasteiger charge is 2.24. The molecule has 0 bridgehead atoms. The van der Waals surface area contributed by atoms with Gasteiger partial charge in [0.15, 0.2) is 40.8 Å². The van der Waals surface area contributed by atoms with Crippen molar-refractivity contribution in [1.29, 1.82) is 0 Å². The molecule has 6 heterocycles. The van der Waals surface area contributed by atoms with Gasteiger partial charge in [0.25, 0.3) is 0 Å². The standard InChI is InChI=1S/C45H28N4.C42H27N3.C41H26N4/c1-2-12-30(13-3-1)43-46-44(48-45(47-43)39-19-10-16-29-11-6-7-17-37(29)39)35-22-21-34-26-36(24-23-33(34)25-35)49-41-20-9-8-18-38(41)40-27-31-14-4-5-15-32(31)28-42(40)49;1-3-13-28(14-4-1)37-27-38(29-15-5-2-6-16-29)44-42(43-37)35-22-11-21-33-32(35)20-12-24-40(33)45-39-23-10-9-19-34(39)36-25-30-17-7-8-18-31(30)26-41(36)45;1-3-11-27(12-4-1)39-42-40(28-13-5-2-6-14-28)44-41(43-39)33-20-19-32-24-34(22-21-31(32)23-33)45-37-18-10-9-17-35(37)36-25-29-15-7-8-16-30(29)26-38(36)45/h1-28H;1-27H;1-26H. The zero-order valence-corrected chi connectivity index (χ0v) is 75.2. The molecule has 28 aromatic rings. The van der Waals surface area contributed by atoms with Gasteiger partial charge in [0, 0.05) is 99.1 Å². The van der Waals surface area contributed by atoms with E-state index in [4.69, 9.17) is 39.9 Å². The van der Waals surface area contributed by atoms with E-state index in [1.54, 1.807) is 0 Å². The molecule has 0 fully saturated rings. The summed E-state index contributed by atoms with van der Waals surface area (Å²) < 4.78 is 7.19. The summed E-state index contributed by atoms with van der Waals surface area (Å²) in [6.45, 7) is 0. The second-order valence-electron chi connectivity index (χ2n) is 35.3. The monoisotopic (exact) mass is 1770 g/mol. The molecule has 0 spiro atoms.